The minimum absolute atomic E-state index is 0.0115. The molecule has 0 spiro atoms. The molecular weight excluding hydrogens is 286 g/mol. The summed E-state index contributed by atoms with van der Waals surface area (Å²) in [5.74, 6) is 1.16. The van der Waals surface area contributed by atoms with Crippen LogP contribution in [0.3, 0.4) is 0 Å². The molecule has 0 amide bonds. The van der Waals surface area contributed by atoms with Crippen molar-refractivity contribution in [3.63, 3.8) is 0 Å². The third kappa shape index (κ3) is 5.80. The molecule has 0 radical (unpaired) electrons. The summed E-state index contributed by atoms with van der Waals surface area (Å²) in [5.41, 5.74) is 0. The molecule has 0 saturated heterocycles. The van der Waals surface area contributed by atoms with E-state index >= 15 is 0 Å². The minimum Gasteiger partial charge on any atom is -0.440 e. The third-order valence-corrected chi connectivity index (χ3v) is 4.58. The van der Waals surface area contributed by atoms with Crippen molar-refractivity contribution in [3.8, 4) is 0 Å². The van der Waals surface area contributed by atoms with Crippen molar-refractivity contribution >= 4 is 28.1 Å². The highest BCUT2D eigenvalue weighted by molar-refractivity contribution is 7.98. The van der Waals surface area contributed by atoms with Crippen LogP contribution in [0.1, 0.15) is 36.2 Å². The molecule has 0 aliphatic heterocycles. The number of hydrogen-bond donors (Lipinski definition) is 1. The molecule has 1 rings (SSSR count). The second-order valence-corrected chi connectivity index (χ2v) is 6.76. The van der Waals surface area contributed by atoms with Gasteiger partial charge in [-0.15, -0.1) is 0 Å². The van der Waals surface area contributed by atoms with Gasteiger partial charge >= 0.3 is 0 Å². The molecule has 19 heavy (non-hydrogen) atoms. The Morgan fingerprint density at radius 2 is 2.00 bits per heavy atom. The summed E-state index contributed by atoms with van der Waals surface area (Å²) in [5, 5.41) is -0.211. The zero-order chi connectivity index (χ0) is 14.1. The fourth-order valence-electron chi connectivity index (χ4n) is 1.54. The van der Waals surface area contributed by atoms with Gasteiger partial charge in [0.2, 0.25) is 5.09 Å². The van der Waals surface area contributed by atoms with Crippen molar-refractivity contribution < 1.29 is 17.6 Å². The molecule has 1 aromatic rings. The summed E-state index contributed by atoms with van der Waals surface area (Å²) in [6.07, 6.45) is 6.62. The smallest absolute Gasteiger partial charge is 0.273 e. The number of aldehydes is 1. The third-order valence-electron chi connectivity index (χ3n) is 2.55. The Morgan fingerprint density at radius 1 is 1.26 bits per heavy atom. The summed E-state index contributed by atoms with van der Waals surface area (Å²) >= 11 is 1.82. The zero-order valence-corrected chi connectivity index (χ0v) is 12.6. The largest absolute Gasteiger partial charge is 0.440 e. The molecule has 1 N–H and O–H groups in total. The first kappa shape index (κ1) is 16.3. The number of unbranched alkanes of at least 4 members (excludes halogenated alkanes) is 3. The van der Waals surface area contributed by atoms with Gasteiger partial charge in [-0.2, -0.15) is 11.8 Å². The summed E-state index contributed by atoms with van der Waals surface area (Å²) in [7, 11) is -3.63. The maximum atomic E-state index is 11.8. The summed E-state index contributed by atoms with van der Waals surface area (Å²) in [6.45, 7) is 0.388. The number of carbonyl (C=O) groups is 1. The van der Waals surface area contributed by atoms with Crippen LogP contribution in [0.25, 0.3) is 0 Å². The van der Waals surface area contributed by atoms with E-state index in [0.29, 0.717) is 12.8 Å². The van der Waals surface area contributed by atoms with Crippen molar-refractivity contribution in [3.05, 3.63) is 17.9 Å². The standard InChI is InChI=1S/C12H19NO4S2/c1-18-9-5-3-2-4-8-13-19(15,16)12-7-6-11(10-14)17-12/h6-7,10,13H,2-5,8-9H2,1H3. The van der Waals surface area contributed by atoms with Gasteiger partial charge in [0.15, 0.2) is 12.0 Å². The van der Waals surface area contributed by atoms with E-state index in [0.717, 1.165) is 31.4 Å². The minimum atomic E-state index is -3.63. The van der Waals surface area contributed by atoms with E-state index < -0.39 is 10.0 Å². The SMILES string of the molecule is CSCCCCCCNS(=O)(=O)c1ccc(C=O)o1. The van der Waals surface area contributed by atoms with E-state index in [1.165, 1.54) is 12.1 Å². The van der Waals surface area contributed by atoms with Crippen LogP contribution in [0.15, 0.2) is 21.6 Å². The number of furan rings is 1. The Morgan fingerprint density at radius 3 is 2.63 bits per heavy atom. The predicted octanol–water partition coefficient (Wildman–Crippen LogP) is 2.29. The molecule has 0 fully saturated rings. The topological polar surface area (TPSA) is 76.4 Å². The molecule has 0 aliphatic rings. The van der Waals surface area contributed by atoms with Crippen molar-refractivity contribution in [1.82, 2.24) is 4.72 Å². The highest BCUT2D eigenvalue weighted by atomic mass is 32.2. The van der Waals surface area contributed by atoms with Crippen LogP contribution < -0.4 is 4.72 Å². The predicted molar refractivity (Wildman–Crippen MR) is 76.1 cm³/mol. The lowest BCUT2D eigenvalue weighted by Crippen LogP contribution is -2.24. The van der Waals surface area contributed by atoms with Gasteiger partial charge in [-0.25, -0.2) is 13.1 Å². The molecule has 108 valence electrons. The zero-order valence-electron chi connectivity index (χ0n) is 10.9. The van der Waals surface area contributed by atoms with Gasteiger partial charge in [0.05, 0.1) is 0 Å². The van der Waals surface area contributed by atoms with Gasteiger partial charge in [-0.05, 0) is 37.0 Å². The molecule has 0 aliphatic carbocycles. The van der Waals surface area contributed by atoms with Gasteiger partial charge < -0.3 is 4.42 Å². The van der Waals surface area contributed by atoms with Crippen LogP contribution in [-0.4, -0.2) is 33.3 Å². The molecule has 0 bridgehead atoms. The highest BCUT2D eigenvalue weighted by Gasteiger charge is 2.17. The molecule has 1 aromatic heterocycles. The Bertz CT molecular complexity index is 482. The Hall–Kier alpha value is -0.790. The lowest BCUT2D eigenvalue weighted by molar-refractivity contribution is 0.109. The molecule has 0 atom stereocenters. The number of hydrogen-bond acceptors (Lipinski definition) is 5. The normalized spacial score (nSPS) is 11.6. The van der Waals surface area contributed by atoms with Crippen LogP contribution >= 0.6 is 11.8 Å². The molecular formula is C12H19NO4S2. The van der Waals surface area contributed by atoms with Crippen molar-refractivity contribution in [2.45, 2.75) is 30.8 Å². The first-order chi connectivity index (χ1) is 9.10. The van der Waals surface area contributed by atoms with Crippen molar-refractivity contribution in [1.29, 1.82) is 0 Å². The van der Waals surface area contributed by atoms with Gasteiger partial charge in [-0.1, -0.05) is 12.8 Å². The van der Waals surface area contributed by atoms with E-state index in [9.17, 15) is 13.2 Å². The number of thioether (sulfide) groups is 1. The van der Waals surface area contributed by atoms with Gasteiger partial charge in [0, 0.05) is 6.54 Å². The fourth-order valence-corrected chi connectivity index (χ4v) is 3.05. The summed E-state index contributed by atoms with van der Waals surface area (Å²) < 4.78 is 30.9. The Kier molecular flexibility index (Phi) is 7.19. The molecule has 5 nitrogen and oxygen atoms in total. The van der Waals surface area contributed by atoms with Crippen molar-refractivity contribution in [2.24, 2.45) is 0 Å². The molecule has 0 unspecified atom stereocenters. The fraction of sp³-hybridized carbons (Fsp3) is 0.583. The first-order valence-electron chi connectivity index (χ1n) is 6.14. The van der Waals surface area contributed by atoms with Gasteiger partial charge in [-0.3, -0.25) is 4.79 Å². The van der Waals surface area contributed by atoms with E-state index in [1.54, 1.807) is 0 Å². The van der Waals surface area contributed by atoms with Crippen LogP contribution in [0.2, 0.25) is 0 Å². The first-order valence-corrected chi connectivity index (χ1v) is 9.01. The number of sulfonamides is 1. The molecule has 0 saturated carbocycles. The van der Waals surface area contributed by atoms with E-state index in [4.69, 9.17) is 4.42 Å². The number of carbonyl (C=O) groups excluding carboxylic acids is 1. The van der Waals surface area contributed by atoms with E-state index in [2.05, 4.69) is 11.0 Å². The summed E-state index contributed by atoms with van der Waals surface area (Å²) in [4.78, 5) is 10.4. The van der Waals surface area contributed by atoms with Crippen LogP contribution in [0.5, 0.6) is 0 Å². The Labute approximate surface area is 118 Å². The van der Waals surface area contributed by atoms with Crippen LogP contribution in [0, 0.1) is 0 Å². The number of nitrogens with one attached hydrogen (secondary N) is 1. The van der Waals surface area contributed by atoms with E-state index in [-0.39, 0.29) is 10.9 Å². The van der Waals surface area contributed by atoms with Crippen LogP contribution in [-0.2, 0) is 10.0 Å². The van der Waals surface area contributed by atoms with Gasteiger partial charge in [0.25, 0.3) is 10.0 Å². The highest BCUT2D eigenvalue weighted by Crippen LogP contribution is 2.12. The number of rotatable bonds is 10. The average Bonchev–Trinajstić information content (AvgIpc) is 2.87. The molecule has 7 heteroatoms. The quantitative estimate of drug-likeness (QED) is 0.530. The Balaban J connectivity index is 2.29. The molecule has 0 aromatic carbocycles. The lowest BCUT2D eigenvalue weighted by Gasteiger charge is -2.04. The van der Waals surface area contributed by atoms with Gasteiger partial charge in [0.1, 0.15) is 0 Å². The average molecular weight is 305 g/mol. The summed E-state index contributed by atoms with van der Waals surface area (Å²) in [6, 6.07) is 2.62. The second-order valence-electron chi connectivity index (χ2n) is 4.08. The van der Waals surface area contributed by atoms with Crippen LogP contribution in [0.4, 0.5) is 0 Å². The second kappa shape index (κ2) is 8.39. The lowest BCUT2D eigenvalue weighted by atomic mass is 10.2. The maximum absolute atomic E-state index is 11.8. The van der Waals surface area contributed by atoms with Crippen molar-refractivity contribution in [2.75, 3.05) is 18.6 Å². The monoisotopic (exact) mass is 305 g/mol. The van der Waals surface area contributed by atoms with E-state index in [1.807, 2.05) is 11.8 Å². The maximum Gasteiger partial charge on any atom is 0.273 e. The molecule has 1 heterocycles.